The van der Waals surface area contributed by atoms with Gasteiger partial charge in [-0.25, -0.2) is 13.4 Å². The maximum absolute atomic E-state index is 13.0. The number of nitrogens with zero attached hydrogens (tertiary/aromatic N) is 2. The molecule has 0 unspecified atom stereocenters. The summed E-state index contributed by atoms with van der Waals surface area (Å²) in [6.45, 7) is 0. The van der Waals surface area contributed by atoms with Crippen molar-refractivity contribution in [1.82, 2.24) is 9.29 Å². The van der Waals surface area contributed by atoms with Crippen molar-refractivity contribution < 1.29 is 13.2 Å². The average molecular weight is 476 g/mol. The van der Waals surface area contributed by atoms with E-state index in [1.54, 1.807) is 30.9 Å². The standard InChI is InChI=1S/C22H25N3O3S3/c1-25(16-7-4-3-5-8-16)31(27,28)17-13-11-15(12-14-17)21(26)24-22-23-20-18(29-2)9-6-10-19(20)30-22/h6,9-14,16H,3-5,7-8H2,1-2H3,(H,23,24,26). The summed E-state index contributed by atoms with van der Waals surface area (Å²) >= 11 is 3.03. The fourth-order valence-electron chi connectivity index (χ4n) is 3.90. The predicted octanol–water partition coefficient (Wildman–Crippen LogP) is 5.22. The van der Waals surface area contributed by atoms with Crippen LogP contribution < -0.4 is 5.32 Å². The van der Waals surface area contributed by atoms with Gasteiger partial charge in [0.2, 0.25) is 10.0 Å². The molecule has 1 fully saturated rings. The van der Waals surface area contributed by atoms with Crippen LogP contribution in [-0.2, 0) is 10.0 Å². The molecule has 1 aliphatic carbocycles. The van der Waals surface area contributed by atoms with E-state index in [9.17, 15) is 13.2 Å². The van der Waals surface area contributed by atoms with Gasteiger partial charge in [0.25, 0.3) is 5.91 Å². The van der Waals surface area contributed by atoms with Gasteiger partial charge < -0.3 is 0 Å². The topological polar surface area (TPSA) is 79.4 Å². The largest absolute Gasteiger partial charge is 0.298 e. The molecule has 0 atom stereocenters. The lowest BCUT2D eigenvalue weighted by molar-refractivity contribution is 0.102. The van der Waals surface area contributed by atoms with Crippen molar-refractivity contribution in [3.63, 3.8) is 0 Å². The third-order valence-corrected chi connectivity index (χ3v) is 9.33. The summed E-state index contributed by atoms with van der Waals surface area (Å²) in [6, 6.07) is 12.1. The van der Waals surface area contributed by atoms with Crippen LogP contribution in [0.3, 0.4) is 0 Å². The smallest absolute Gasteiger partial charge is 0.257 e. The number of sulfonamides is 1. The Morgan fingerprint density at radius 1 is 1.13 bits per heavy atom. The molecule has 0 radical (unpaired) electrons. The van der Waals surface area contributed by atoms with Gasteiger partial charge in [0.1, 0.15) is 0 Å². The molecule has 1 saturated carbocycles. The molecule has 0 saturated heterocycles. The van der Waals surface area contributed by atoms with Crippen LogP contribution in [0, 0.1) is 0 Å². The molecule has 1 heterocycles. The van der Waals surface area contributed by atoms with Gasteiger partial charge in [-0.1, -0.05) is 36.7 Å². The molecule has 0 bridgehead atoms. The molecule has 31 heavy (non-hydrogen) atoms. The SMILES string of the molecule is CSc1cccc2sc(NC(=O)c3ccc(S(=O)(=O)N(C)C4CCCCC4)cc3)nc12. The van der Waals surface area contributed by atoms with Crippen LogP contribution in [0.2, 0.25) is 0 Å². The van der Waals surface area contributed by atoms with Crippen molar-refractivity contribution in [3.05, 3.63) is 48.0 Å². The summed E-state index contributed by atoms with van der Waals surface area (Å²) in [5.74, 6) is -0.311. The number of nitrogens with one attached hydrogen (secondary N) is 1. The van der Waals surface area contributed by atoms with Crippen LogP contribution in [-0.4, -0.2) is 43.0 Å². The maximum Gasteiger partial charge on any atom is 0.257 e. The molecule has 164 valence electrons. The van der Waals surface area contributed by atoms with Gasteiger partial charge in [0.15, 0.2) is 5.13 Å². The quantitative estimate of drug-likeness (QED) is 0.494. The fourth-order valence-corrected chi connectivity index (χ4v) is 6.83. The van der Waals surface area contributed by atoms with E-state index in [4.69, 9.17) is 0 Å². The number of carbonyl (C=O) groups is 1. The second-order valence-corrected chi connectivity index (χ2v) is 11.5. The van der Waals surface area contributed by atoms with E-state index in [-0.39, 0.29) is 16.8 Å². The van der Waals surface area contributed by atoms with Gasteiger partial charge in [0, 0.05) is 23.5 Å². The highest BCUT2D eigenvalue weighted by molar-refractivity contribution is 7.98. The highest BCUT2D eigenvalue weighted by Gasteiger charge is 2.29. The first-order valence-electron chi connectivity index (χ1n) is 10.2. The minimum absolute atomic E-state index is 0.0481. The lowest BCUT2D eigenvalue weighted by Gasteiger charge is -2.30. The van der Waals surface area contributed by atoms with Crippen molar-refractivity contribution in [2.24, 2.45) is 0 Å². The minimum Gasteiger partial charge on any atom is -0.298 e. The summed E-state index contributed by atoms with van der Waals surface area (Å²) in [6.07, 6.45) is 7.09. The first kappa shape index (κ1) is 22.3. The van der Waals surface area contributed by atoms with Crippen molar-refractivity contribution in [1.29, 1.82) is 0 Å². The number of hydrogen-bond acceptors (Lipinski definition) is 6. The van der Waals surface area contributed by atoms with E-state index >= 15 is 0 Å². The molecular formula is C22H25N3O3S3. The highest BCUT2D eigenvalue weighted by Crippen LogP contribution is 2.32. The first-order chi connectivity index (χ1) is 14.9. The van der Waals surface area contributed by atoms with Gasteiger partial charge in [-0.05, 0) is 55.5 Å². The molecule has 2 aromatic carbocycles. The second kappa shape index (κ2) is 9.28. The normalized spacial score (nSPS) is 15.5. The summed E-state index contributed by atoms with van der Waals surface area (Å²) in [7, 11) is -1.92. The Labute approximate surface area is 191 Å². The Hall–Kier alpha value is -1.94. The van der Waals surface area contributed by atoms with E-state index in [1.807, 2.05) is 24.5 Å². The Morgan fingerprint density at radius 3 is 2.52 bits per heavy atom. The predicted molar refractivity (Wildman–Crippen MR) is 128 cm³/mol. The molecule has 1 amide bonds. The van der Waals surface area contributed by atoms with E-state index in [0.29, 0.717) is 10.7 Å². The Morgan fingerprint density at radius 2 is 1.84 bits per heavy atom. The number of fused-ring (bicyclic) bond motifs is 1. The number of rotatable bonds is 6. The molecule has 4 rings (SSSR count). The van der Waals surface area contributed by atoms with E-state index in [1.165, 1.54) is 34.2 Å². The zero-order valence-electron chi connectivity index (χ0n) is 17.5. The maximum atomic E-state index is 13.0. The van der Waals surface area contributed by atoms with Crippen LogP contribution in [0.15, 0.2) is 52.3 Å². The number of aromatic nitrogens is 1. The van der Waals surface area contributed by atoms with Gasteiger partial charge in [-0.3, -0.25) is 10.1 Å². The van der Waals surface area contributed by atoms with Gasteiger partial charge >= 0.3 is 0 Å². The summed E-state index contributed by atoms with van der Waals surface area (Å²) in [5, 5.41) is 3.35. The summed E-state index contributed by atoms with van der Waals surface area (Å²) < 4.78 is 28.5. The second-order valence-electron chi connectivity index (χ2n) is 7.62. The number of thiazole rings is 1. The number of amides is 1. The zero-order chi connectivity index (χ0) is 22.0. The first-order valence-corrected chi connectivity index (χ1v) is 13.7. The molecule has 1 aromatic heterocycles. The number of benzene rings is 2. The number of hydrogen-bond donors (Lipinski definition) is 1. The molecule has 6 nitrogen and oxygen atoms in total. The van der Waals surface area contributed by atoms with Crippen molar-refractivity contribution in [2.75, 3.05) is 18.6 Å². The van der Waals surface area contributed by atoms with Gasteiger partial charge in [0.05, 0.1) is 15.1 Å². The summed E-state index contributed by atoms with van der Waals surface area (Å²) in [5.41, 5.74) is 1.27. The van der Waals surface area contributed by atoms with Crippen molar-refractivity contribution in [2.45, 2.75) is 47.9 Å². The molecule has 0 aliphatic heterocycles. The molecule has 1 aliphatic rings. The Kier molecular flexibility index (Phi) is 6.66. The van der Waals surface area contributed by atoms with Crippen LogP contribution in [0.5, 0.6) is 0 Å². The monoisotopic (exact) mass is 475 g/mol. The van der Waals surface area contributed by atoms with E-state index < -0.39 is 10.0 Å². The van der Waals surface area contributed by atoms with Crippen molar-refractivity contribution >= 4 is 54.4 Å². The molecular weight excluding hydrogens is 450 g/mol. The van der Waals surface area contributed by atoms with E-state index in [0.717, 1.165) is 40.8 Å². The zero-order valence-corrected chi connectivity index (χ0v) is 19.9. The van der Waals surface area contributed by atoms with Gasteiger partial charge in [-0.15, -0.1) is 11.8 Å². The van der Waals surface area contributed by atoms with Crippen LogP contribution in [0.25, 0.3) is 10.2 Å². The lowest BCUT2D eigenvalue weighted by Crippen LogP contribution is -2.38. The third kappa shape index (κ3) is 4.64. The number of carbonyl (C=O) groups excluding carboxylic acids is 1. The number of anilines is 1. The van der Waals surface area contributed by atoms with Crippen LogP contribution >= 0.6 is 23.1 Å². The Bertz CT molecular complexity index is 1180. The molecule has 9 heteroatoms. The number of para-hydroxylation sites is 1. The third-order valence-electron chi connectivity index (χ3n) is 5.70. The lowest BCUT2D eigenvalue weighted by atomic mass is 9.96. The van der Waals surface area contributed by atoms with E-state index in [2.05, 4.69) is 10.3 Å². The minimum atomic E-state index is -3.58. The molecule has 3 aromatic rings. The summed E-state index contributed by atoms with van der Waals surface area (Å²) in [4.78, 5) is 18.5. The Balaban J connectivity index is 1.49. The van der Waals surface area contributed by atoms with Crippen LogP contribution in [0.1, 0.15) is 42.5 Å². The fraction of sp³-hybridized carbons (Fsp3) is 0.364. The van der Waals surface area contributed by atoms with Gasteiger partial charge in [-0.2, -0.15) is 4.31 Å². The highest BCUT2D eigenvalue weighted by atomic mass is 32.2. The number of thioether (sulfide) groups is 1. The van der Waals surface area contributed by atoms with Crippen LogP contribution in [0.4, 0.5) is 5.13 Å². The molecule has 0 spiro atoms. The average Bonchev–Trinajstić information content (AvgIpc) is 3.21. The van der Waals surface area contributed by atoms with Crippen molar-refractivity contribution in [3.8, 4) is 0 Å². The molecule has 1 N–H and O–H groups in total.